The number of hydrogen-bond acceptors (Lipinski definition) is 3. The molecule has 1 aliphatic heterocycles. The van der Waals surface area contributed by atoms with Crippen molar-refractivity contribution in [1.82, 2.24) is 9.80 Å². The minimum Gasteiger partial charge on any atom is -0.481 e. The molecule has 0 aromatic rings. The molecule has 0 spiro atoms. The predicted octanol–water partition coefficient (Wildman–Crippen LogP) is 0.487. The molecule has 1 heterocycles. The van der Waals surface area contributed by atoms with Gasteiger partial charge < -0.3 is 20.6 Å². The lowest BCUT2D eigenvalue weighted by molar-refractivity contribution is -0.143. The average molecular weight is 285 g/mol. The van der Waals surface area contributed by atoms with Crippen LogP contribution in [0.2, 0.25) is 0 Å². The van der Waals surface area contributed by atoms with Gasteiger partial charge in [-0.25, -0.2) is 4.79 Å². The molecule has 0 radical (unpaired) electrons. The number of aliphatic carboxylic acids is 1. The van der Waals surface area contributed by atoms with Crippen LogP contribution in [0.3, 0.4) is 0 Å². The average Bonchev–Trinajstić information content (AvgIpc) is 2.34. The first-order valence-corrected chi connectivity index (χ1v) is 6.82. The first kappa shape index (κ1) is 16.3. The Morgan fingerprint density at radius 3 is 2.40 bits per heavy atom. The van der Waals surface area contributed by atoms with Crippen LogP contribution in [0.25, 0.3) is 0 Å². The molecule has 7 nitrogen and oxygen atoms in total. The summed E-state index contributed by atoms with van der Waals surface area (Å²) in [4.78, 5) is 37.5. The summed E-state index contributed by atoms with van der Waals surface area (Å²) in [6.07, 6.45) is 0.873. The van der Waals surface area contributed by atoms with Crippen molar-refractivity contribution in [3.63, 3.8) is 0 Å². The van der Waals surface area contributed by atoms with E-state index in [0.29, 0.717) is 19.4 Å². The standard InChI is InChI=1S/C13H23N3O4/c1-8(2)16(7-11(14)17)13(20)15-5-4-10(12(18)19)6-9(15)3/h8-10H,4-7H2,1-3H3,(H2,14,17)(H,18,19). The molecule has 1 rings (SSSR count). The fraction of sp³-hybridized carbons (Fsp3) is 0.769. The van der Waals surface area contributed by atoms with Gasteiger partial charge in [0.15, 0.2) is 0 Å². The maximum absolute atomic E-state index is 12.5. The van der Waals surface area contributed by atoms with Gasteiger partial charge in [-0.1, -0.05) is 0 Å². The van der Waals surface area contributed by atoms with Crippen molar-refractivity contribution in [2.45, 2.75) is 45.7 Å². The van der Waals surface area contributed by atoms with Crippen molar-refractivity contribution >= 4 is 17.9 Å². The number of nitrogens with two attached hydrogens (primary N) is 1. The summed E-state index contributed by atoms with van der Waals surface area (Å²) in [7, 11) is 0. The van der Waals surface area contributed by atoms with Crippen LogP contribution in [0.1, 0.15) is 33.6 Å². The molecule has 2 atom stereocenters. The van der Waals surface area contributed by atoms with E-state index in [0.717, 1.165) is 0 Å². The van der Waals surface area contributed by atoms with E-state index in [1.54, 1.807) is 4.90 Å². The van der Waals surface area contributed by atoms with E-state index in [9.17, 15) is 14.4 Å². The van der Waals surface area contributed by atoms with Crippen molar-refractivity contribution < 1.29 is 19.5 Å². The van der Waals surface area contributed by atoms with Gasteiger partial charge in [-0.15, -0.1) is 0 Å². The van der Waals surface area contributed by atoms with Gasteiger partial charge in [-0.2, -0.15) is 0 Å². The second kappa shape index (κ2) is 6.58. The number of hydrogen-bond donors (Lipinski definition) is 2. The zero-order valence-electron chi connectivity index (χ0n) is 12.2. The Balaban J connectivity index is 2.75. The molecule has 0 aromatic carbocycles. The normalized spacial score (nSPS) is 22.7. The molecule has 2 unspecified atom stereocenters. The zero-order valence-corrected chi connectivity index (χ0v) is 12.2. The highest BCUT2D eigenvalue weighted by Gasteiger charge is 2.35. The number of urea groups is 1. The van der Waals surface area contributed by atoms with E-state index >= 15 is 0 Å². The maximum atomic E-state index is 12.5. The minimum absolute atomic E-state index is 0.123. The second-order valence-electron chi connectivity index (χ2n) is 5.57. The summed E-state index contributed by atoms with van der Waals surface area (Å²) in [6.45, 7) is 5.72. The van der Waals surface area contributed by atoms with Crippen LogP contribution in [0, 0.1) is 5.92 Å². The minimum atomic E-state index is -0.818. The van der Waals surface area contributed by atoms with E-state index < -0.39 is 17.8 Å². The number of likely N-dealkylation sites (tertiary alicyclic amines) is 1. The number of carbonyl (C=O) groups excluding carboxylic acids is 2. The molecule has 3 N–H and O–H groups in total. The van der Waals surface area contributed by atoms with Gasteiger partial charge in [0.25, 0.3) is 0 Å². The topological polar surface area (TPSA) is 104 Å². The number of amides is 3. The number of nitrogens with zero attached hydrogens (tertiary/aromatic N) is 2. The van der Waals surface area contributed by atoms with Crippen LogP contribution in [0.5, 0.6) is 0 Å². The maximum Gasteiger partial charge on any atom is 0.320 e. The molecule has 1 fully saturated rings. The van der Waals surface area contributed by atoms with Crippen molar-refractivity contribution in [2.75, 3.05) is 13.1 Å². The molecule has 0 saturated carbocycles. The van der Waals surface area contributed by atoms with E-state index in [1.165, 1.54) is 4.90 Å². The van der Waals surface area contributed by atoms with Crippen molar-refractivity contribution in [2.24, 2.45) is 11.7 Å². The van der Waals surface area contributed by atoms with Gasteiger partial charge in [0, 0.05) is 18.6 Å². The lowest BCUT2D eigenvalue weighted by atomic mass is 9.92. The lowest BCUT2D eigenvalue weighted by Crippen LogP contribution is -2.54. The summed E-state index contributed by atoms with van der Waals surface area (Å²) in [5, 5.41) is 9.02. The number of carbonyl (C=O) groups is 3. The summed E-state index contributed by atoms with van der Waals surface area (Å²) in [5.41, 5.74) is 5.17. The van der Waals surface area contributed by atoms with Crippen LogP contribution < -0.4 is 5.73 Å². The van der Waals surface area contributed by atoms with Crippen LogP contribution in [-0.2, 0) is 9.59 Å². The summed E-state index contributed by atoms with van der Waals surface area (Å²) in [5.74, 6) is -1.78. The molecular formula is C13H23N3O4. The highest BCUT2D eigenvalue weighted by Crippen LogP contribution is 2.24. The molecule has 0 aromatic heterocycles. The molecule has 0 aliphatic carbocycles. The molecule has 114 valence electrons. The predicted molar refractivity (Wildman–Crippen MR) is 73.0 cm³/mol. The van der Waals surface area contributed by atoms with E-state index in [2.05, 4.69) is 0 Å². The fourth-order valence-corrected chi connectivity index (χ4v) is 2.48. The van der Waals surface area contributed by atoms with Gasteiger partial charge in [0.1, 0.15) is 6.54 Å². The monoisotopic (exact) mass is 285 g/mol. The molecule has 1 aliphatic rings. The summed E-state index contributed by atoms with van der Waals surface area (Å²) < 4.78 is 0. The summed E-state index contributed by atoms with van der Waals surface area (Å²) in [6, 6.07) is -0.555. The first-order valence-electron chi connectivity index (χ1n) is 6.82. The Morgan fingerprint density at radius 1 is 1.40 bits per heavy atom. The molecular weight excluding hydrogens is 262 g/mol. The quantitative estimate of drug-likeness (QED) is 0.784. The third-order valence-electron chi connectivity index (χ3n) is 3.67. The number of carboxylic acid groups (broad SMARTS) is 1. The third kappa shape index (κ3) is 3.85. The zero-order chi connectivity index (χ0) is 15.4. The molecule has 7 heteroatoms. The molecule has 3 amide bonds. The Kier molecular flexibility index (Phi) is 5.35. The highest BCUT2D eigenvalue weighted by molar-refractivity contribution is 5.83. The van der Waals surface area contributed by atoms with Gasteiger partial charge >= 0.3 is 12.0 Å². The Morgan fingerprint density at radius 2 is 2.00 bits per heavy atom. The van der Waals surface area contributed by atoms with E-state index in [4.69, 9.17) is 10.8 Å². The van der Waals surface area contributed by atoms with Crippen molar-refractivity contribution in [3.8, 4) is 0 Å². The van der Waals surface area contributed by atoms with Crippen LogP contribution >= 0.6 is 0 Å². The van der Waals surface area contributed by atoms with Crippen molar-refractivity contribution in [3.05, 3.63) is 0 Å². The Labute approximate surface area is 118 Å². The highest BCUT2D eigenvalue weighted by atomic mass is 16.4. The Hall–Kier alpha value is -1.79. The fourth-order valence-electron chi connectivity index (χ4n) is 2.48. The van der Waals surface area contributed by atoms with Gasteiger partial charge in [-0.3, -0.25) is 9.59 Å². The smallest absolute Gasteiger partial charge is 0.320 e. The van der Waals surface area contributed by atoms with Crippen LogP contribution in [0.15, 0.2) is 0 Å². The summed E-state index contributed by atoms with van der Waals surface area (Å²) >= 11 is 0. The molecule has 1 saturated heterocycles. The number of primary amides is 1. The largest absolute Gasteiger partial charge is 0.481 e. The number of carboxylic acids is 1. The van der Waals surface area contributed by atoms with Gasteiger partial charge in [-0.05, 0) is 33.6 Å². The van der Waals surface area contributed by atoms with Crippen LogP contribution in [0.4, 0.5) is 4.79 Å². The first-order chi connectivity index (χ1) is 9.23. The number of piperidine rings is 1. The van der Waals surface area contributed by atoms with E-state index in [1.807, 2.05) is 20.8 Å². The Bertz CT molecular complexity index is 397. The number of rotatable bonds is 4. The van der Waals surface area contributed by atoms with Gasteiger partial charge in [0.2, 0.25) is 5.91 Å². The van der Waals surface area contributed by atoms with Gasteiger partial charge in [0.05, 0.1) is 5.92 Å². The van der Waals surface area contributed by atoms with Crippen LogP contribution in [-0.4, -0.2) is 58.0 Å². The second-order valence-corrected chi connectivity index (χ2v) is 5.57. The third-order valence-corrected chi connectivity index (χ3v) is 3.67. The van der Waals surface area contributed by atoms with Crippen molar-refractivity contribution in [1.29, 1.82) is 0 Å². The van der Waals surface area contributed by atoms with E-state index in [-0.39, 0.29) is 24.7 Å². The molecule has 20 heavy (non-hydrogen) atoms. The SMILES string of the molecule is CC(C)N(CC(N)=O)C(=O)N1CCC(C(=O)O)CC1C. The molecule has 0 bridgehead atoms. The lowest BCUT2D eigenvalue weighted by Gasteiger charge is -2.40.